The van der Waals surface area contributed by atoms with Crippen LogP contribution in [-0.4, -0.2) is 120 Å². The van der Waals surface area contributed by atoms with E-state index in [9.17, 15) is 44.3 Å². The van der Waals surface area contributed by atoms with Gasteiger partial charge in [-0.3, -0.25) is 9.69 Å². The number of nitrogens with one attached hydrogen (secondary N) is 1. The molecule has 2 aromatic carbocycles. The van der Waals surface area contributed by atoms with Gasteiger partial charge in [0.05, 0.1) is 7.11 Å². The Morgan fingerprint density at radius 2 is 1.13 bits per heavy atom. The van der Waals surface area contributed by atoms with Crippen molar-refractivity contribution in [2.75, 3.05) is 52.9 Å². The fourth-order valence-corrected chi connectivity index (χ4v) is 4.61. The Hall–Kier alpha value is -4.43. The van der Waals surface area contributed by atoms with E-state index in [1.807, 2.05) is 18.2 Å². The van der Waals surface area contributed by atoms with Crippen LogP contribution in [0.25, 0.3) is 0 Å². The van der Waals surface area contributed by atoms with E-state index in [1.165, 1.54) is 16.7 Å². The number of hydrogen-bond donors (Lipinski definition) is 4. The summed E-state index contributed by atoms with van der Waals surface area (Å²) >= 11 is 0. The van der Waals surface area contributed by atoms with E-state index < -0.39 is 36.4 Å². The zero-order valence-corrected chi connectivity index (χ0v) is 27.7. The smallest absolute Gasteiger partial charge is 0.490 e. The summed E-state index contributed by atoms with van der Waals surface area (Å²) in [5.74, 6) is -7.07. The van der Waals surface area contributed by atoms with Gasteiger partial charge in [0, 0.05) is 44.7 Å². The van der Waals surface area contributed by atoms with E-state index in [1.54, 1.807) is 7.11 Å². The van der Waals surface area contributed by atoms with E-state index >= 15 is 0 Å². The van der Waals surface area contributed by atoms with Crippen molar-refractivity contribution in [1.82, 2.24) is 15.1 Å². The molecule has 0 spiro atoms. The van der Waals surface area contributed by atoms with Gasteiger partial charge in [0.25, 0.3) is 0 Å². The lowest BCUT2D eigenvalue weighted by Gasteiger charge is -2.34. The molecular weight excluding hydrogens is 725 g/mol. The highest BCUT2D eigenvalue weighted by Crippen LogP contribution is 2.19. The third-order valence-corrected chi connectivity index (χ3v) is 7.31. The second-order valence-electron chi connectivity index (χ2n) is 11.1. The number of carboxylic acid groups (broad SMARTS) is 3. The number of Topliss-reactive ketones (excluding diaryl/α,β-unsaturated/α-hetero) is 1. The number of rotatable bonds is 8. The Morgan fingerprint density at radius 1 is 0.692 bits per heavy atom. The summed E-state index contributed by atoms with van der Waals surface area (Å²) in [6, 6.07) is 14.7. The fourth-order valence-electron chi connectivity index (χ4n) is 4.61. The molecule has 0 radical (unpaired) electrons. The largest absolute Gasteiger partial charge is 0.497 e. The van der Waals surface area contributed by atoms with Crippen LogP contribution < -0.4 is 10.1 Å². The van der Waals surface area contributed by atoms with Crippen molar-refractivity contribution in [2.45, 2.75) is 50.8 Å². The van der Waals surface area contributed by atoms with Gasteiger partial charge in [0.15, 0.2) is 5.78 Å². The first kappa shape index (κ1) is 45.6. The first-order chi connectivity index (χ1) is 24.0. The molecule has 1 fully saturated rings. The van der Waals surface area contributed by atoms with E-state index in [2.05, 4.69) is 39.4 Å². The summed E-state index contributed by atoms with van der Waals surface area (Å²) in [4.78, 5) is 44.4. The zero-order chi connectivity index (χ0) is 39.7. The molecule has 1 saturated heterocycles. The summed E-state index contributed by atoms with van der Waals surface area (Å²) < 4.78 is 100. The number of fused-ring (bicyclic) bond motifs is 1. The van der Waals surface area contributed by atoms with Crippen LogP contribution in [-0.2, 0) is 33.8 Å². The summed E-state index contributed by atoms with van der Waals surface area (Å²) in [5.41, 5.74) is 4.97. The number of carbonyl (C=O) groups excluding carboxylic acids is 1. The van der Waals surface area contributed by atoms with Gasteiger partial charge in [-0.05, 0) is 73.8 Å². The minimum atomic E-state index is -5.08. The number of benzene rings is 2. The quantitative estimate of drug-likeness (QED) is 0.211. The highest BCUT2D eigenvalue weighted by Gasteiger charge is 2.39. The lowest BCUT2D eigenvalue weighted by Crippen LogP contribution is -2.46. The molecule has 292 valence electrons. The maximum Gasteiger partial charge on any atom is 0.490 e. The number of ether oxygens (including phenoxy) is 1. The molecule has 0 aliphatic carbocycles. The van der Waals surface area contributed by atoms with Crippen molar-refractivity contribution in [3.63, 3.8) is 0 Å². The number of halogens is 9. The van der Waals surface area contributed by atoms with E-state index in [4.69, 9.17) is 34.4 Å². The van der Waals surface area contributed by atoms with Gasteiger partial charge >= 0.3 is 36.4 Å². The average Bonchev–Trinajstić information content (AvgIpc) is 3.30. The molecule has 4 N–H and O–H groups in total. The zero-order valence-electron chi connectivity index (χ0n) is 27.7. The molecule has 0 atom stereocenters. The Kier molecular flexibility index (Phi) is 18.6. The number of nitrogens with zero attached hydrogens (tertiary/aromatic N) is 2. The number of hydrogen-bond acceptors (Lipinski definition) is 8. The molecular formula is C32H38F9N3O8. The minimum absolute atomic E-state index is 0.290. The van der Waals surface area contributed by atoms with Crippen molar-refractivity contribution in [1.29, 1.82) is 0 Å². The summed E-state index contributed by atoms with van der Waals surface area (Å²) in [6.07, 6.45) is -11.6. The SMILES string of the molecule is COc1ccc(CN2CCN(CCCC(=O)c3ccc4c(c3)CCNCC4)CC2)cc1.O=C(O)C(F)(F)F.O=C(O)C(F)(F)F.O=C(O)C(F)(F)F. The average molecular weight is 764 g/mol. The lowest BCUT2D eigenvalue weighted by molar-refractivity contribution is -0.193. The lowest BCUT2D eigenvalue weighted by atomic mass is 9.97. The standard InChI is InChI=1S/C26H35N3O2.3C2HF3O2/c1-31-25-8-4-21(5-9-25)20-29-17-15-28(16-18-29)14-2-3-26(30)24-7-6-22-10-12-27-13-11-23(22)19-24;3*3-2(4,5)1(6)7/h4-9,19,27H,2-3,10-18,20H2,1H3;3*(H,6,7). The van der Waals surface area contributed by atoms with Crippen LogP contribution in [0.15, 0.2) is 42.5 Å². The van der Waals surface area contributed by atoms with Crippen molar-refractivity contribution in [3.05, 3.63) is 64.7 Å². The van der Waals surface area contributed by atoms with Crippen LogP contribution in [0, 0.1) is 0 Å². The van der Waals surface area contributed by atoms with E-state index in [0.717, 1.165) is 82.9 Å². The number of piperazine rings is 1. The second kappa shape index (κ2) is 21.2. The summed E-state index contributed by atoms with van der Waals surface area (Å²) in [7, 11) is 1.70. The maximum absolute atomic E-state index is 12.7. The number of ketones is 1. The molecule has 20 heteroatoms. The van der Waals surface area contributed by atoms with E-state index in [0.29, 0.717) is 6.42 Å². The Balaban J connectivity index is 0.000000525. The van der Waals surface area contributed by atoms with Gasteiger partial charge in [-0.2, -0.15) is 39.5 Å². The highest BCUT2D eigenvalue weighted by molar-refractivity contribution is 5.96. The van der Waals surface area contributed by atoms with Gasteiger partial charge in [0.2, 0.25) is 0 Å². The van der Waals surface area contributed by atoms with Gasteiger partial charge < -0.3 is 30.3 Å². The van der Waals surface area contributed by atoms with Gasteiger partial charge in [0.1, 0.15) is 5.75 Å². The molecule has 0 saturated carbocycles. The Morgan fingerprint density at radius 3 is 1.58 bits per heavy atom. The number of aliphatic carboxylic acids is 3. The molecule has 2 aliphatic heterocycles. The number of alkyl halides is 9. The highest BCUT2D eigenvalue weighted by atomic mass is 19.4. The fraction of sp³-hybridized carbons (Fsp3) is 0.500. The number of methoxy groups -OCH3 is 1. The Bertz CT molecular complexity index is 1390. The summed E-state index contributed by atoms with van der Waals surface area (Å²) in [5, 5.41) is 24.8. The molecule has 0 bridgehead atoms. The monoisotopic (exact) mass is 763 g/mol. The summed E-state index contributed by atoms with van der Waals surface area (Å²) in [6.45, 7) is 8.37. The molecule has 11 nitrogen and oxygen atoms in total. The predicted molar refractivity (Wildman–Crippen MR) is 166 cm³/mol. The van der Waals surface area contributed by atoms with Crippen LogP contribution in [0.2, 0.25) is 0 Å². The third kappa shape index (κ3) is 18.2. The molecule has 2 aliphatic rings. The normalized spacial score (nSPS) is 15.1. The number of carboxylic acids is 3. The van der Waals surface area contributed by atoms with Crippen LogP contribution in [0.1, 0.15) is 39.9 Å². The molecule has 2 heterocycles. The van der Waals surface area contributed by atoms with Crippen LogP contribution in [0.5, 0.6) is 5.75 Å². The first-order valence-corrected chi connectivity index (χ1v) is 15.4. The third-order valence-electron chi connectivity index (χ3n) is 7.31. The van der Waals surface area contributed by atoms with Crippen LogP contribution >= 0.6 is 0 Å². The first-order valence-electron chi connectivity index (χ1n) is 15.4. The van der Waals surface area contributed by atoms with Crippen molar-refractivity contribution < 1.29 is 78.7 Å². The van der Waals surface area contributed by atoms with Gasteiger partial charge in [-0.1, -0.05) is 24.3 Å². The van der Waals surface area contributed by atoms with Crippen molar-refractivity contribution in [3.8, 4) is 5.75 Å². The van der Waals surface area contributed by atoms with Crippen molar-refractivity contribution in [2.24, 2.45) is 0 Å². The number of carbonyl (C=O) groups is 4. The molecule has 52 heavy (non-hydrogen) atoms. The van der Waals surface area contributed by atoms with Crippen LogP contribution in [0.3, 0.4) is 0 Å². The maximum atomic E-state index is 12.7. The predicted octanol–water partition coefficient (Wildman–Crippen LogP) is 5.06. The van der Waals surface area contributed by atoms with E-state index in [-0.39, 0.29) is 5.78 Å². The Labute approximate surface area is 291 Å². The molecule has 0 amide bonds. The van der Waals surface area contributed by atoms with Gasteiger partial charge in [-0.15, -0.1) is 0 Å². The molecule has 2 aromatic rings. The molecule has 0 unspecified atom stereocenters. The topological polar surface area (TPSA) is 157 Å². The molecule has 0 aromatic heterocycles. The second-order valence-corrected chi connectivity index (χ2v) is 11.1. The molecule has 4 rings (SSSR count). The van der Waals surface area contributed by atoms with Crippen LogP contribution in [0.4, 0.5) is 39.5 Å². The van der Waals surface area contributed by atoms with Gasteiger partial charge in [-0.25, -0.2) is 14.4 Å². The minimum Gasteiger partial charge on any atom is -0.497 e. The van der Waals surface area contributed by atoms with Crippen molar-refractivity contribution >= 4 is 23.7 Å².